The Balaban J connectivity index is 2.28. The van der Waals surface area contributed by atoms with Crippen LogP contribution in [-0.4, -0.2) is 25.8 Å². The smallest absolute Gasteiger partial charge is 0.354 e. The average Bonchev–Trinajstić information content (AvgIpc) is 2.88. The van der Waals surface area contributed by atoms with E-state index in [1.54, 1.807) is 13.1 Å². The van der Waals surface area contributed by atoms with Gasteiger partial charge in [0.1, 0.15) is 11.5 Å². The van der Waals surface area contributed by atoms with Crippen molar-refractivity contribution in [1.82, 2.24) is 14.8 Å². The van der Waals surface area contributed by atoms with E-state index in [9.17, 15) is 9.18 Å². The van der Waals surface area contributed by atoms with E-state index < -0.39 is 5.97 Å². The molecule has 6 heteroatoms. The number of benzene rings is 1. The molecule has 2 aromatic heterocycles. The SMILES string of the molecule is Cc1[nH]c2ccc(F)cc2c1-c1cc(C(=O)O)n(C)n1. The number of aromatic amines is 1. The third kappa shape index (κ3) is 1.77. The molecule has 0 saturated carbocycles. The summed E-state index contributed by atoms with van der Waals surface area (Å²) >= 11 is 0. The molecule has 5 nitrogen and oxygen atoms in total. The molecule has 0 aliphatic heterocycles. The zero-order chi connectivity index (χ0) is 14.4. The molecule has 20 heavy (non-hydrogen) atoms. The minimum atomic E-state index is -1.05. The van der Waals surface area contributed by atoms with E-state index in [0.717, 1.165) is 16.8 Å². The number of nitrogens with one attached hydrogen (secondary N) is 1. The number of aromatic carboxylic acids is 1. The highest BCUT2D eigenvalue weighted by molar-refractivity contribution is 5.97. The van der Waals surface area contributed by atoms with Gasteiger partial charge in [-0.05, 0) is 31.2 Å². The van der Waals surface area contributed by atoms with Crippen molar-refractivity contribution in [2.75, 3.05) is 0 Å². The van der Waals surface area contributed by atoms with E-state index in [2.05, 4.69) is 10.1 Å². The van der Waals surface area contributed by atoms with Crippen molar-refractivity contribution in [1.29, 1.82) is 0 Å². The molecule has 0 fully saturated rings. The third-order valence-electron chi connectivity index (χ3n) is 3.30. The van der Waals surface area contributed by atoms with Crippen molar-refractivity contribution in [3.8, 4) is 11.3 Å². The number of nitrogens with zero attached hydrogens (tertiary/aromatic N) is 2. The van der Waals surface area contributed by atoms with E-state index in [1.807, 2.05) is 6.92 Å². The lowest BCUT2D eigenvalue weighted by molar-refractivity contribution is 0.0685. The van der Waals surface area contributed by atoms with Crippen molar-refractivity contribution in [2.45, 2.75) is 6.92 Å². The maximum absolute atomic E-state index is 13.4. The van der Waals surface area contributed by atoms with Crippen LogP contribution >= 0.6 is 0 Å². The molecular formula is C14H12FN3O2. The van der Waals surface area contributed by atoms with Gasteiger partial charge in [-0.3, -0.25) is 4.68 Å². The molecule has 1 aromatic carbocycles. The van der Waals surface area contributed by atoms with Gasteiger partial charge in [-0.25, -0.2) is 9.18 Å². The molecule has 2 heterocycles. The van der Waals surface area contributed by atoms with Gasteiger partial charge in [0.15, 0.2) is 0 Å². The van der Waals surface area contributed by atoms with Gasteiger partial charge in [-0.1, -0.05) is 0 Å². The second-order valence-electron chi connectivity index (χ2n) is 4.66. The number of aromatic nitrogens is 3. The van der Waals surface area contributed by atoms with Crippen LogP contribution in [0.1, 0.15) is 16.2 Å². The van der Waals surface area contributed by atoms with Gasteiger partial charge in [0.25, 0.3) is 0 Å². The molecule has 2 N–H and O–H groups in total. The zero-order valence-corrected chi connectivity index (χ0v) is 10.9. The highest BCUT2D eigenvalue weighted by Gasteiger charge is 2.18. The average molecular weight is 273 g/mol. The zero-order valence-electron chi connectivity index (χ0n) is 10.9. The van der Waals surface area contributed by atoms with Crippen molar-refractivity contribution >= 4 is 16.9 Å². The fourth-order valence-electron chi connectivity index (χ4n) is 2.42. The van der Waals surface area contributed by atoms with Crippen LogP contribution in [0.2, 0.25) is 0 Å². The summed E-state index contributed by atoms with van der Waals surface area (Å²) in [6, 6.07) is 5.94. The van der Waals surface area contributed by atoms with Crippen LogP contribution in [0.15, 0.2) is 24.3 Å². The van der Waals surface area contributed by atoms with E-state index in [4.69, 9.17) is 5.11 Å². The van der Waals surface area contributed by atoms with Gasteiger partial charge in [-0.15, -0.1) is 0 Å². The number of H-pyrrole nitrogens is 1. The van der Waals surface area contributed by atoms with Gasteiger partial charge >= 0.3 is 5.97 Å². The Labute approximate surface area is 113 Å². The summed E-state index contributed by atoms with van der Waals surface area (Å²) in [6.07, 6.45) is 0. The lowest BCUT2D eigenvalue weighted by Crippen LogP contribution is -2.04. The van der Waals surface area contributed by atoms with E-state index in [0.29, 0.717) is 11.1 Å². The van der Waals surface area contributed by atoms with E-state index >= 15 is 0 Å². The van der Waals surface area contributed by atoms with Crippen LogP contribution in [-0.2, 0) is 7.05 Å². The fraction of sp³-hybridized carbons (Fsp3) is 0.143. The minimum absolute atomic E-state index is 0.0881. The van der Waals surface area contributed by atoms with Gasteiger partial charge in [0.2, 0.25) is 0 Å². The highest BCUT2D eigenvalue weighted by atomic mass is 19.1. The highest BCUT2D eigenvalue weighted by Crippen LogP contribution is 2.32. The molecule has 3 rings (SSSR count). The number of rotatable bonds is 2. The first kappa shape index (κ1) is 12.4. The predicted octanol–water partition coefficient (Wildman–Crippen LogP) is 2.71. The molecule has 0 radical (unpaired) electrons. The molecule has 0 aliphatic rings. The molecular weight excluding hydrogens is 261 g/mol. The summed E-state index contributed by atoms with van der Waals surface area (Å²) in [7, 11) is 1.57. The van der Waals surface area contributed by atoms with Gasteiger partial charge in [0, 0.05) is 29.2 Å². The summed E-state index contributed by atoms with van der Waals surface area (Å²) in [5, 5.41) is 14.0. The summed E-state index contributed by atoms with van der Waals surface area (Å²) in [6.45, 7) is 1.85. The summed E-state index contributed by atoms with van der Waals surface area (Å²) in [4.78, 5) is 14.2. The number of fused-ring (bicyclic) bond motifs is 1. The third-order valence-corrected chi connectivity index (χ3v) is 3.30. The number of carbonyl (C=O) groups is 1. The van der Waals surface area contributed by atoms with Gasteiger partial charge in [0.05, 0.1) is 5.69 Å². The number of hydrogen-bond acceptors (Lipinski definition) is 2. The van der Waals surface area contributed by atoms with E-state index in [-0.39, 0.29) is 11.5 Å². The Morgan fingerprint density at radius 1 is 1.40 bits per heavy atom. The Morgan fingerprint density at radius 3 is 2.80 bits per heavy atom. The van der Waals surface area contributed by atoms with E-state index in [1.165, 1.54) is 22.9 Å². The number of hydrogen-bond donors (Lipinski definition) is 2. The summed E-state index contributed by atoms with van der Waals surface area (Å²) in [5.74, 6) is -1.39. The molecule has 0 amide bonds. The topological polar surface area (TPSA) is 70.9 Å². The second-order valence-corrected chi connectivity index (χ2v) is 4.66. The quantitative estimate of drug-likeness (QED) is 0.754. The van der Waals surface area contributed by atoms with Crippen molar-refractivity contribution in [2.24, 2.45) is 7.05 Å². The number of carboxylic acid groups (broad SMARTS) is 1. The Hall–Kier alpha value is -2.63. The Kier molecular flexibility index (Phi) is 2.60. The summed E-state index contributed by atoms with van der Waals surface area (Å²) < 4.78 is 14.7. The van der Waals surface area contributed by atoms with Crippen LogP contribution in [0.3, 0.4) is 0 Å². The molecule has 3 aromatic rings. The molecule has 0 spiro atoms. The largest absolute Gasteiger partial charge is 0.477 e. The summed E-state index contributed by atoms with van der Waals surface area (Å²) in [5.41, 5.74) is 2.94. The maximum atomic E-state index is 13.4. The van der Waals surface area contributed by atoms with Crippen molar-refractivity contribution in [3.63, 3.8) is 0 Å². The molecule has 102 valence electrons. The lowest BCUT2D eigenvalue weighted by Gasteiger charge is -1.96. The second kappa shape index (κ2) is 4.19. The molecule has 0 unspecified atom stereocenters. The van der Waals surface area contributed by atoms with Crippen molar-refractivity contribution in [3.05, 3.63) is 41.5 Å². The standard InChI is InChI=1S/C14H12FN3O2/c1-7-13(9-5-8(15)3-4-10(9)16-7)11-6-12(14(19)20)18(2)17-11/h3-6,16H,1-2H3,(H,19,20). The maximum Gasteiger partial charge on any atom is 0.354 e. The van der Waals surface area contributed by atoms with Gasteiger partial charge in [-0.2, -0.15) is 5.10 Å². The van der Waals surface area contributed by atoms with Crippen LogP contribution < -0.4 is 0 Å². The van der Waals surface area contributed by atoms with Crippen LogP contribution in [0.4, 0.5) is 4.39 Å². The number of carboxylic acids is 1. The van der Waals surface area contributed by atoms with Crippen LogP contribution in [0, 0.1) is 12.7 Å². The first-order valence-corrected chi connectivity index (χ1v) is 6.03. The van der Waals surface area contributed by atoms with Crippen LogP contribution in [0.25, 0.3) is 22.2 Å². The molecule has 0 aliphatic carbocycles. The Morgan fingerprint density at radius 2 is 2.15 bits per heavy atom. The molecule has 0 atom stereocenters. The predicted molar refractivity (Wildman–Crippen MR) is 72.2 cm³/mol. The number of halogens is 1. The monoisotopic (exact) mass is 273 g/mol. The lowest BCUT2D eigenvalue weighted by atomic mass is 10.1. The normalized spacial score (nSPS) is 11.2. The van der Waals surface area contributed by atoms with Crippen LogP contribution in [0.5, 0.6) is 0 Å². The van der Waals surface area contributed by atoms with Gasteiger partial charge < -0.3 is 10.1 Å². The first-order chi connectivity index (χ1) is 9.47. The fourth-order valence-corrected chi connectivity index (χ4v) is 2.42. The molecule has 0 bridgehead atoms. The minimum Gasteiger partial charge on any atom is -0.477 e. The Bertz CT molecular complexity index is 832. The first-order valence-electron chi connectivity index (χ1n) is 6.03. The van der Waals surface area contributed by atoms with Crippen molar-refractivity contribution < 1.29 is 14.3 Å². The molecule has 0 saturated heterocycles. The number of aryl methyl sites for hydroxylation is 2.